The summed E-state index contributed by atoms with van der Waals surface area (Å²) in [7, 11) is 0. The van der Waals surface area contributed by atoms with Crippen molar-refractivity contribution < 1.29 is 4.42 Å². The lowest BCUT2D eigenvalue weighted by atomic mass is 10.3. The number of hydrogen-bond donors (Lipinski definition) is 3. The summed E-state index contributed by atoms with van der Waals surface area (Å²) in [5.74, 6) is 6.86. The van der Waals surface area contributed by atoms with Crippen LogP contribution in [0.4, 0.5) is 5.69 Å². The molecule has 0 bridgehead atoms. The average molecular weight is 244 g/mol. The third-order valence-electron chi connectivity index (χ3n) is 2.38. The van der Waals surface area contributed by atoms with Gasteiger partial charge in [0.2, 0.25) is 5.96 Å². The molecule has 1 heterocycles. The van der Waals surface area contributed by atoms with Crippen LogP contribution >= 0.6 is 0 Å². The highest BCUT2D eigenvalue weighted by atomic mass is 16.3. The first-order valence-corrected chi connectivity index (χ1v) is 5.74. The van der Waals surface area contributed by atoms with Gasteiger partial charge in [0.1, 0.15) is 5.76 Å². The van der Waals surface area contributed by atoms with E-state index in [-0.39, 0.29) is 0 Å². The van der Waals surface area contributed by atoms with E-state index in [2.05, 4.69) is 15.7 Å². The number of furan rings is 1. The van der Waals surface area contributed by atoms with Crippen LogP contribution in [0.5, 0.6) is 0 Å². The molecule has 0 fully saturated rings. The Bertz CT molecular complexity index is 479. The van der Waals surface area contributed by atoms with Crippen molar-refractivity contribution >= 4 is 11.6 Å². The zero-order valence-corrected chi connectivity index (χ0v) is 9.97. The summed E-state index contributed by atoms with van der Waals surface area (Å²) >= 11 is 0. The van der Waals surface area contributed by atoms with E-state index >= 15 is 0 Å². The number of nitrogens with one attached hydrogen (secondary N) is 2. The van der Waals surface area contributed by atoms with Gasteiger partial charge in [-0.3, -0.25) is 10.4 Å². The number of rotatable bonds is 4. The number of guanidine groups is 1. The molecule has 2 aromatic rings. The van der Waals surface area contributed by atoms with Gasteiger partial charge in [-0.15, -0.1) is 0 Å². The first-order chi connectivity index (χ1) is 8.88. The predicted molar refractivity (Wildman–Crippen MR) is 72.1 cm³/mol. The lowest BCUT2D eigenvalue weighted by Gasteiger charge is -2.08. The molecule has 0 atom stereocenters. The van der Waals surface area contributed by atoms with Crippen LogP contribution in [0.1, 0.15) is 5.76 Å². The second kappa shape index (κ2) is 6.46. The van der Waals surface area contributed by atoms with E-state index in [1.54, 1.807) is 6.26 Å². The normalized spacial score (nSPS) is 11.3. The second-order valence-electron chi connectivity index (χ2n) is 3.70. The number of hydrazine groups is 1. The quantitative estimate of drug-likeness (QED) is 0.331. The van der Waals surface area contributed by atoms with Crippen molar-refractivity contribution in [3.63, 3.8) is 0 Å². The highest BCUT2D eigenvalue weighted by Gasteiger charge is 1.98. The number of anilines is 1. The summed E-state index contributed by atoms with van der Waals surface area (Å²) in [6.45, 7) is 0.604. The predicted octanol–water partition coefficient (Wildman–Crippen LogP) is 1.75. The molecule has 94 valence electrons. The molecule has 0 saturated heterocycles. The van der Waals surface area contributed by atoms with E-state index in [1.807, 2.05) is 42.5 Å². The minimum atomic E-state index is 0.535. The van der Waals surface area contributed by atoms with Gasteiger partial charge in [0.05, 0.1) is 6.26 Å². The molecule has 5 heteroatoms. The number of aliphatic imine (C=N–C) groups is 1. The highest BCUT2D eigenvalue weighted by molar-refractivity contribution is 5.93. The van der Waals surface area contributed by atoms with Crippen molar-refractivity contribution in [1.82, 2.24) is 5.43 Å². The lowest BCUT2D eigenvalue weighted by molar-refractivity contribution is 0.511. The molecular weight excluding hydrogens is 228 g/mol. The zero-order chi connectivity index (χ0) is 12.6. The molecule has 0 unspecified atom stereocenters. The van der Waals surface area contributed by atoms with Crippen molar-refractivity contribution in [2.24, 2.45) is 10.8 Å². The van der Waals surface area contributed by atoms with Crippen LogP contribution in [0.2, 0.25) is 0 Å². The second-order valence-corrected chi connectivity index (χ2v) is 3.70. The van der Waals surface area contributed by atoms with Gasteiger partial charge in [0, 0.05) is 18.7 Å². The molecule has 0 amide bonds. The van der Waals surface area contributed by atoms with Crippen molar-refractivity contribution in [3.05, 3.63) is 54.5 Å². The van der Waals surface area contributed by atoms with Crippen LogP contribution in [-0.2, 0) is 6.42 Å². The molecule has 0 radical (unpaired) electrons. The Morgan fingerprint density at radius 3 is 2.67 bits per heavy atom. The SMILES string of the molecule is NNC(=NCCc1ccco1)Nc1ccccc1. The highest BCUT2D eigenvalue weighted by Crippen LogP contribution is 2.04. The van der Waals surface area contributed by atoms with E-state index in [9.17, 15) is 0 Å². The Morgan fingerprint density at radius 1 is 1.17 bits per heavy atom. The first kappa shape index (κ1) is 12.2. The van der Waals surface area contributed by atoms with Crippen molar-refractivity contribution in [2.75, 3.05) is 11.9 Å². The van der Waals surface area contributed by atoms with Crippen molar-refractivity contribution in [1.29, 1.82) is 0 Å². The number of nitrogens with zero attached hydrogens (tertiary/aromatic N) is 1. The molecule has 1 aromatic heterocycles. The summed E-state index contributed by atoms with van der Waals surface area (Å²) < 4.78 is 5.23. The molecule has 18 heavy (non-hydrogen) atoms. The topological polar surface area (TPSA) is 75.6 Å². The number of benzene rings is 1. The largest absolute Gasteiger partial charge is 0.469 e. The van der Waals surface area contributed by atoms with Crippen molar-refractivity contribution in [2.45, 2.75) is 6.42 Å². The Labute approximate surface area is 106 Å². The van der Waals surface area contributed by atoms with E-state index in [0.717, 1.165) is 17.9 Å². The minimum absolute atomic E-state index is 0.535. The third kappa shape index (κ3) is 3.64. The molecular formula is C13H16N4O. The van der Waals surface area contributed by atoms with Gasteiger partial charge in [-0.1, -0.05) is 18.2 Å². The monoisotopic (exact) mass is 244 g/mol. The molecule has 0 aliphatic carbocycles. The Hall–Kier alpha value is -2.27. The summed E-state index contributed by atoms with van der Waals surface area (Å²) in [5, 5.41) is 3.09. The molecule has 5 nitrogen and oxygen atoms in total. The van der Waals surface area contributed by atoms with Crippen LogP contribution in [0, 0.1) is 0 Å². The molecule has 0 spiro atoms. The minimum Gasteiger partial charge on any atom is -0.469 e. The van der Waals surface area contributed by atoms with Crippen LogP contribution in [0.3, 0.4) is 0 Å². The van der Waals surface area contributed by atoms with Gasteiger partial charge < -0.3 is 9.73 Å². The maximum absolute atomic E-state index is 5.41. The number of nitrogens with two attached hydrogens (primary N) is 1. The number of hydrogen-bond acceptors (Lipinski definition) is 3. The Balaban J connectivity index is 1.88. The summed E-state index contributed by atoms with van der Waals surface area (Å²) in [4.78, 5) is 4.32. The molecule has 0 aliphatic heterocycles. The fourth-order valence-electron chi connectivity index (χ4n) is 1.51. The summed E-state index contributed by atoms with van der Waals surface area (Å²) in [5.41, 5.74) is 3.48. The van der Waals surface area contributed by atoms with Crippen LogP contribution in [-0.4, -0.2) is 12.5 Å². The van der Waals surface area contributed by atoms with Crippen LogP contribution < -0.4 is 16.6 Å². The maximum Gasteiger partial charge on any atom is 0.210 e. The molecule has 1 aromatic carbocycles. The first-order valence-electron chi connectivity index (χ1n) is 5.74. The smallest absolute Gasteiger partial charge is 0.210 e. The van der Waals surface area contributed by atoms with Gasteiger partial charge in [0.15, 0.2) is 0 Å². The van der Waals surface area contributed by atoms with Gasteiger partial charge in [-0.25, -0.2) is 5.84 Å². The van der Waals surface area contributed by atoms with E-state index in [1.165, 1.54) is 0 Å². The fraction of sp³-hybridized carbons (Fsp3) is 0.154. The van der Waals surface area contributed by atoms with E-state index in [0.29, 0.717) is 12.5 Å². The fourth-order valence-corrected chi connectivity index (χ4v) is 1.51. The van der Waals surface area contributed by atoms with Gasteiger partial charge >= 0.3 is 0 Å². The van der Waals surface area contributed by atoms with Gasteiger partial charge in [0.25, 0.3) is 0 Å². The van der Waals surface area contributed by atoms with Gasteiger partial charge in [-0.05, 0) is 24.3 Å². The standard InChI is InChI=1S/C13H16N4O/c14-17-13(16-11-5-2-1-3-6-11)15-9-8-12-7-4-10-18-12/h1-7,10H,8-9,14H2,(H2,15,16,17). The molecule has 0 aliphatic rings. The third-order valence-corrected chi connectivity index (χ3v) is 2.38. The molecule has 0 saturated carbocycles. The summed E-state index contributed by atoms with van der Waals surface area (Å²) in [6.07, 6.45) is 2.40. The average Bonchev–Trinajstić information content (AvgIpc) is 2.92. The van der Waals surface area contributed by atoms with E-state index in [4.69, 9.17) is 10.3 Å². The summed E-state index contributed by atoms with van der Waals surface area (Å²) in [6, 6.07) is 13.5. The van der Waals surface area contributed by atoms with E-state index < -0.39 is 0 Å². The molecule has 4 N–H and O–H groups in total. The Kier molecular flexibility index (Phi) is 4.38. The van der Waals surface area contributed by atoms with Crippen LogP contribution in [0.25, 0.3) is 0 Å². The zero-order valence-electron chi connectivity index (χ0n) is 9.97. The maximum atomic E-state index is 5.41. The molecule has 2 rings (SSSR count). The van der Waals surface area contributed by atoms with Gasteiger partial charge in [-0.2, -0.15) is 0 Å². The lowest BCUT2D eigenvalue weighted by Crippen LogP contribution is -2.36. The Morgan fingerprint density at radius 2 is 2.00 bits per heavy atom. The van der Waals surface area contributed by atoms with Crippen molar-refractivity contribution in [3.8, 4) is 0 Å². The number of para-hydroxylation sites is 1. The van der Waals surface area contributed by atoms with Crippen LogP contribution in [0.15, 0.2) is 58.1 Å².